The van der Waals surface area contributed by atoms with Crippen LogP contribution in [0.3, 0.4) is 0 Å². The maximum absolute atomic E-state index is 10.4. The largest absolute Gasteiger partial charge is 0.481 e. The molecule has 0 aromatic carbocycles. The molecule has 1 heterocycles. The topological polar surface area (TPSA) is 46.5 Å². The van der Waals surface area contributed by atoms with Gasteiger partial charge in [0.2, 0.25) is 0 Å². The zero-order valence-corrected chi connectivity index (χ0v) is 7.45. The Morgan fingerprint density at radius 3 is 3.00 bits per heavy atom. The molecule has 70 valence electrons. The summed E-state index contributed by atoms with van der Waals surface area (Å²) in [4.78, 5) is 10.4. The van der Waals surface area contributed by atoms with Gasteiger partial charge >= 0.3 is 5.97 Å². The lowest BCUT2D eigenvalue weighted by molar-refractivity contribution is -0.139. The van der Waals surface area contributed by atoms with E-state index in [2.05, 4.69) is 6.92 Å². The van der Waals surface area contributed by atoms with E-state index in [0.717, 1.165) is 25.9 Å². The van der Waals surface area contributed by atoms with Crippen molar-refractivity contribution in [1.29, 1.82) is 0 Å². The van der Waals surface area contributed by atoms with Gasteiger partial charge in [0.1, 0.15) is 0 Å². The predicted molar refractivity (Wildman–Crippen MR) is 45.0 cm³/mol. The maximum atomic E-state index is 10.4. The van der Waals surface area contributed by atoms with Crippen molar-refractivity contribution in [3.63, 3.8) is 0 Å². The van der Waals surface area contributed by atoms with Crippen LogP contribution in [0.15, 0.2) is 0 Å². The van der Waals surface area contributed by atoms with Crippen LogP contribution >= 0.6 is 0 Å². The fourth-order valence-electron chi connectivity index (χ4n) is 1.68. The van der Waals surface area contributed by atoms with Gasteiger partial charge in [-0.15, -0.1) is 0 Å². The summed E-state index contributed by atoms with van der Waals surface area (Å²) in [7, 11) is 0. The molecule has 0 aromatic heterocycles. The SMILES string of the molecule is CC[C@H]1C[C@@H](CC(=O)O)CCO1. The van der Waals surface area contributed by atoms with Gasteiger partial charge in [0.05, 0.1) is 6.10 Å². The summed E-state index contributed by atoms with van der Waals surface area (Å²) < 4.78 is 5.45. The molecule has 0 unspecified atom stereocenters. The van der Waals surface area contributed by atoms with Gasteiger partial charge in [-0.1, -0.05) is 6.92 Å². The van der Waals surface area contributed by atoms with Gasteiger partial charge < -0.3 is 9.84 Å². The molecule has 2 atom stereocenters. The summed E-state index contributed by atoms with van der Waals surface area (Å²) in [5, 5.41) is 8.58. The van der Waals surface area contributed by atoms with E-state index in [4.69, 9.17) is 9.84 Å². The molecule has 1 rings (SSSR count). The second-order valence-electron chi connectivity index (χ2n) is 3.39. The third kappa shape index (κ3) is 2.81. The standard InChI is InChI=1S/C9H16O3/c1-2-8-5-7(3-4-12-8)6-9(10)11/h7-8H,2-6H2,1H3,(H,10,11)/t7-,8-/m0/s1. The number of hydrogen-bond donors (Lipinski definition) is 1. The molecule has 0 aromatic rings. The highest BCUT2D eigenvalue weighted by molar-refractivity contribution is 5.67. The van der Waals surface area contributed by atoms with Crippen molar-refractivity contribution in [3.8, 4) is 0 Å². The molecule has 1 aliphatic rings. The van der Waals surface area contributed by atoms with E-state index in [-0.39, 0.29) is 0 Å². The Kier molecular flexibility index (Phi) is 3.53. The first-order chi connectivity index (χ1) is 5.72. The quantitative estimate of drug-likeness (QED) is 0.704. The Morgan fingerprint density at radius 1 is 1.67 bits per heavy atom. The van der Waals surface area contributed by atoms with Crippen LogP contribution in [0, 0.1) is 5.92 Å². The average molecular weight is 172 g/mol. The number of carboxylic acids is 1. The molecule has 0 saturated carbocycles. The van der Waals surface area contributed by atoms with Gasteiger partial charge in [-0.3, -0.25) is 4.79 Å². The minimum absolute atomic E-state index is 0.295. The summed E-state index contributed by atoms with van der Waals surface area (Å²) >= 11 is 0. The molecule has 3 heteroatoms. The molecular formula is C9H16O3. The molecule has 0 amide bonds. The highest BCUT2D eigenvalue weighted by Crippen LogP contribution is 2.24. The Labute approximate surface area is 72.7 Å². The lowest BCUT2D eigenvalue weighted by Gasteiger charge is -2.27. The molecule has 1 fully saturated rings. The second kappa shape index (κ2) is 4.45. The second-order valence-corrected chi connectivity index (χ2v) is 3.39. The number of carbonyl (C=O) groups is 1. The van der Waals surface area contributed by atoms with Gasteiger partial charge in [0.25, 0.3) is 0 Å². The van der Waals surface area contributed by atoms with E-state index >= 15 is 0 Å². The highest BCUT2D eigenvalue weighted by atomic mass is 16.5. The smallest absolute Gasteiger partial charge is 0.303 e. The average Bonchev–Trinajstić information content (AvgIpc) is 2.03. The van der Waals surface area contributed by atoms with Crippen molar-refractivity contribution in [2.24, 2.45) is 5.92 Å². The number of aliphatic carboxylic acids is 1. The van der Waals surface area contributed by atoms with Crippen LogP contribution in [0.5, 0.6) is 0 Å². The van der Waals surface area contributed by atoms with E-state index in [1.807, 2.05) is 0 Å². The minimum Gasteiger partial charge on any atom is -0.481 e. The zero-order valence-electron chi connectivity index (χ0n) is 7.45. The molecule has 1 aliphatic heterocycles. The Hall–Kier alpha value is -0.570. The van der Waals surface area contributed by atoms with Crippen LogP contribution in [0.4, 0.5) is 0 Å². The van der Waals surface area contributed by atoms with E-state index in [9.17, 15) is 4.79 Å². The first-order valence-corrected chi connectivity index (χ1v) is 4.55. The Morgan fingerprint density at radius 2 is 2.42 bits per heavy atom. The van der Waals surface area contributed by atoms with E-state index < -0.39 is 5.97 Å². The van der Waals surface area contributed by atoms with Crippen LogP contribution in [-0.2, 0) is 9.53 Å². The summed E-state index contributed by atoms with van der Waals surface area (Å²) in [6.07, 6.45) is 3.42. The zero-order chi connectivity index (χ0) is 8.97. The monoisotopic (exact) mass is 172 g/mol. The van der Waals surface area contributed by atoms with E-state index in [1.165, 1.54) is 0 Å². The van der Waals surface area contributed by atoms with Crippen LogP contribution < -0.4 is 0 Å². The summed E-state index contributed by atoms with van der Waals surface area (Å²) in [5.74, 6) is -0.349. The number of carboxylic acid groups (broad SMARTS) is 1. The number of rotatable bonds is 3. The van der Waals surface area contributed by atoms with Gasteiger partial charge in [0, 0.05) is 13.0 Å². The third-order valence-electron chi connectivity index (χ3n) is 2.39. The predicted octanol–water partition coefficient (Wildman–Crippen LogP) is 1.67. The van der Waals surface area contributed by atoms with Crippen molar-refractivity contribution in [2.75, 3.05) is 6.61 Å². The minimum atomic E-state index is -0.684. The van der Waals surface area contributed by atoms with Gasteiger partial charge in [-0.2, -0.15) is 0 Å². The van der Waals surface area contributed by atoms with Crippen molar-refractivity contribution in [2.45, 2.75) is 38.7 Å². The van der Waals surface area contributed by atoms with Crippen molar-refractivity contribution < 1.29 is 14.6 Å². The van der Waals surface area contributed by atoms with E-state index in [1.54, 1.807) is 0 Å². The van der Waals surface area contributed by atoms with Crippen molar-refractivity contribution in [1.82, 2.24) is 0 Å². The number of hydrogen-bond acceptors (Lipinski definition) is 2. The highest BCUT2D eigenvalue weighted by Gasteiger charge is 2.22. The Balaban J connectivity index is 2.30. The third-order valence-corrected chi connectivity index (χ3v) is 2.39. The fourth-order valence-corrected chi connectivity index (χ4v) is 1.68. The first-order valence-electron chi connectivity index (χ1n) is 4.55. The molecule has 0 bridgehead atoms. The van der Waals surface area contributed by atoms with Gasteiger partial charge in [-0.25, -0.2) is 0 Å². The van der Waals surface area contributed by atoms with Crippen LogP contribution in [0.25, 0.3) is 0 Å². The van der Waals surface area contributed by atoms with Crippen molar-refractivity contribution in [3.05, 3.63) is 0 Å². The lowest BCUT2D eigenvalue weighted by Crippen LogP contribution is -2.26. The molecular weight excluding hydrogens is 156 g/mol. The summed E-state index contributed by atoms with van der Waals surface area (Å²) in [6.45, 7) is 2.81. The normalized spacial score (nSPS) is 30.1. The fraction of sp³-hybridized carbons (Fsp3) is 0.889. The molecule has 1 N–H and O–H groups in total. The summed E-state index contributed by atoms with van der Waals surface area (Å²) in [6, 6.07) is 0. The molecule has 1 saturated heterocycles. The molecule has 12 heavy (non-hydrogen) atoms. The Bertz CT molecular complexity index is 156. The van der Waals surface area contributed by atoms with E-state index in [0.29, 0.717) is 18.4 Å². The molecule has 0 radical (unpaired) electrons. The molecule has 0 spiro atoms. The van der Waals surface area contributed by atoms with Crippen LogP contribution in [0.2, 0.25) is 0 Å². The number of ether oxygens (including phenoxy) is 1. The van der Waals surface area contributed by atoms with Gasteiger partial charge in [-0.05, 0) is 25.2 Å². The molecule has 0 aliphatic carbocycles. The lowest BCUT2D eigenvalue weighted by atomic mass is 9.92. The maximum Gasteiger partial charge on any atom is 0.303 e. The molecule has 3 nitrogen and oxygen atoms in total. The van der Waals surface area contributed by atoms with Gasteiger partial charge in [0.15, 0.2) is 0 Å². The van der Waals surface area contributed by atoms with Crippen molar-refractivity contribution >= 4 is 5.97 Å². The van der Waals surface area contributed by atoms with Crippen LogP contribution in [0.1, 0.15) is 32.6 Å². The van der Waals surface area contributed by atoms with Crippen LogP contribution in [-0.4, -0.2) is 23.8 Å². The summed E-state index contributed by atoms with van der Waals surface area (Å²) in [5.41, 5.74) is 0. The first kappa shape index (κ1) is 9.52.